The Morgan fingerprint density at radius 2 is 2.11 bits per heavy atom. The van der Waals surface area contributed by atoms with E-state index >= 15 is 0 Å². The largest absolute Gasteiger partial charge is 0.325 e. The van der Waals surface area contributed by atoms with Gasteiger partial charge in [-0.3, -0.25) is 4.79 Å². The van der Waals surface area contributed by atoms with E-state index in [0.717, 1.165) is 6.54 Å². The van der Waals surface area contributed by atoms with E-state index in [9.17, 15) is 13.2 Å². The molecule has 1 aromatic carbocycles. The number of rotatable bonds is 6. The van der Waals surface area contributed by atoms with E-state index in [1.807, 2.05) is 0 Å². The molecule has 4 N–H and O–H groups in total. The molecule has 0 heterocycles. The van der Waals surface area contributed by atoms with Crippen LogP contribution in [0.4, 0.5) is 5.69 Å². The SMILES string of the molecule is NS(=O)(=O)c1cccc(NC(=O)CNCC2CC2)c1. The zero-order valence-electron chi connectivity index (χ0n) is 10.4. The quantitative estimate of drug-likeness (QED) is 0.697. The summed E-state index contributed by atoms with van der Waals surface area (Å²) >= 11 is 0. The minimum absolute atomic E-state index is 0.0174. The maximum Gasteiger partial charge on any atom is 0.238 e. The van der Waals surface area contributed by atoms with Gasteiger partial charge in [0, 0.05) is 5.69 Å². The Morgan fingerprint density at radius 3 is 2.74 bits per heavy atom. The summed E-state index contributed by atoms with van der Waals surface area (Å²) in [5, 5.41) is 10.7. The van der Waals surface area contributed by atoms with Gasteiger partial charge in [0.1, 0.15) is 0 Å². The van der Waals surface area contributed by atoms with Crippen LogP contribution in [0.2, 0.25) is 0 Å². The Bertz CT molecular complexity index is 567. The lowest BCUT2D eigenvalue weighted by atomic mass is 10.3. The third-order valence-electron chi connectivity index (χ3n) is 2.86. The molecule has 1 aliphatic rings. The molecule has 0 aromatic heterocycles. The van der Waals surface area contributed by atoms with E-state index in [1.54, 1.807) is 6.07 Å². The Hall–Kier alpha value is -1.44. The second-order valence-corrected chi connectivity index (χ2v) is 6.26. The van der Waals surface area contributed by atoms with Crippen LogP contribution in [0.5, 0.6) is 0 Å². The van der Waals surface area contributed by atoms with Crippen LogP contribution in [0.3, 0.4) is 0 Å². The van der Waals surface area contributed by atoms with Crippen molar-refractivity contribution in [1.82, 2.24) is 5.32 Å². The number of nitrogens with two attached hydrogens (primary N) is 1. The monoisotopic (exact) mass is 283 g/mol. The second kappa shape index (κ2) is 5.68. The minimum atomic E-state index is -3.75. The van der Waals surface area contributed by atoms with Crippen LogP contribution in [0.1, 0.15) is 12.8 Å². The van der Waals surface area contributed by atoms with E-state index < -0.39 is 10.0 Å². The molecule has 0 aliphatic heterocycles. The number of benzene rings is 1. The minimum Gasteiger partial charge on any atom is -0.325 e. The fraction of sp³-hybridized carbons (Fsp3) is 0.417. The van der Waals surface area contributed by atoms with Crippen molar-refractivity contribution in [1.29, 1.82) is 0 Å². The average molecular weight is 283 g/mol. The van der Waals surface area contributed by atoms with Crippen molar-refractivity contribution >= 4 is 21.6 Å². The van der Waals surface area contributed by atoms with Crippen LogP contribution in [-0.2, 0) is 14.8 Å². The van der Waals surface area contributed by atoms with Gasteiger partial charge in [0.2, 0.25) is 15.9 Å². The molecule has 0 saturated heterocycles. The summed E-state index contributed by atoms with van der Waals surface area (Å²) in [4.78, 5) is 11.6. The maximum atomic E-state index is 11.6. The predicted molar refractivity (Wildman–Crippen MR) is 72.0 cm³/mol. The number of hydrogen-bond acceptors (Lipinski definition) is 4. The van der Waals surface area contributed by atoms with Gasteiger partial charge in [-0.2, -0.15) is 0 Å². The molecule has 0 bridgehead atoms. The van der Waals surface area contributed by atoms with Crippen LogP contribution in [0.25, 0.3) is 0 Å². The molecule has 0 atom stereocenters. The fourth-order valence-electron chi connectivity index (χ4n) is 1.67. The summed E-state index contributed by atoms with van der Waals surface area (Å²) in [7, 11) is -3.75. The van der Waals surface area contributed by atoms with Crippen molar-refractivity contribution in [3.8, 4) is 0 Å². The third kappa shape index (κ3) is 4.62. The Labute approximate surface area is 112 Å². The van der Waals surface area contributed by atoms with Gasteiger partial charge in [0.05, 0.1) is 11.4 Å². The molecule has 1 aromatic rings. The van der Waals surface area contributed by atoms with Gasteiger partial charge in [0.25, 0.3) is 0 Å². The molecular weight excluding hydrogens is 266 g/mol. The van der Waals surface area contributed by atoms with Crippen LogP contribution < -0.4 is 15.8 Å². The molecule has 19 heavy (non-hydrogen) atoms. The molecule has 6 nitrogen and oxygen atoms in total. The van der Waals surface area contributed by atoms with E-state index in [4.69, 9.17) is 5.14 Å². The summed E-state index contributed by atoms with van der Waals surface area (Å²) in [5.74, 6) is 0.505. The number of nitrogens with one attached hydrogen (secondary N) is 2. The Morgan fingerprint density at radius 1 is 1.37 bits per heavy atom. The number of carbonyl (C=O) groups is 1. The first-order chi connectivity index (χ1) is 8.95. The van der Waals surface area contributed by atoms with Crippen molar-refractivity contribution in [2.75, 3.05) is 18.4 Å². The van der Waals surface area contributed by atoms with Crippen LogP contribution in [-0.4, -0.2) is 27.4 Å². The first-order valence-corrected chi connectivity index (χ1v) is 7.63. The highest BCUT2D eigenvalue weighted by Crippen LogP contribution is 2.27. The van der Waals surface area contributed by atoms with E-state index in [1.165, 1.54) is 31.0 Å². The fourth-order valence-corrected chi connectivity index (χ4v) is 2.23. The predicted octanol–water partition coefficient (Wildman–Crippen LogP) is 0.272. The number of anilines is 1. The molecule has 1 amide bonds. The van der Waals surface area contributed by atoms with Crippen molar-refractivity contribution < 1.29 is 13.2 Å². The number of sulfonamides is 1. The summed E-state index contributed by atoms with van der Waals surface area (Å²) in [5.41, 5.74) is 0.421. The van der Waals surface area contributed by atoms with Gasteiger partial charge < -0.3 is 10.6 Å². The third-order valence-corrected chi connectivity index (χ3v) is 3.77. The zero-order chi connectivity index (χ0) is 13.9. The first-order valence-electron chi connectivity index (χ1n) is 6.08. The van der Waals surface area contributed by atoms with Gasteiger partial charge in [-0.05, 0) is 43.5 Å². The van der Waals surface area contributed by atoms with Crippen molar-refractivity contribution in [2.45, 2.75) is 17.7 Å². The van der Waals surface area contributed by atoms with E-state index in [-0.39, 0.29) is 17.3 Å². The normalized spacial score (nSPS) is 15.2. The lowest BCUT2D eigenvalue weighted by molar-refractivity contribution is -0.115. The van der Waals surface area contributed by atoms with Crippen LogP contribution in [0, 0.1) is 5.92 Å². The van der Waals surface area contributed by atoms with Gasteiger partial charge in [-0.25, -0.2) is 13.6 Å². The number of carbonyl (C=O) groups excluding carboxylic acids is 1. The standard InChI is InChI=1S/C12H17N3O3S/c13-19(17,18)11-3-1-2-10(6-11)15-12(16)8-14-7-9-4-5-9/h1-3,6,9,14H,4-5,7-8H2,(H,15,16)(H2,13,17,18). The average Bonchev–Trinajstić information content (AvgIpc) is 3.12. The highest BCUT2D eigenvalue weighted by atomic mass is 32.2. The van der Waals surface area contributed by atoms with Gasteiger partial charge >= 0.3 is 0 Å². The lowest BCUT2D eigenvalue weighted by Crippen LogP contribution is -2.29. The lowest BCUT2D eigenvalue weighted by Gasteiger charge is -2.07. The molecular formula is C12H17N3O3S. The summed E-state index contributed by atoms with van der Waals surface area (Å²) in [6, 6.07) is 5.88. The zero-order valence-corrected chi connectivity index (χ0v) is 11.2. The highest BCUT2D eigenvalue weighted by molar-refractivity contribution is 7.89. The van der Waals surface area contributed by atoms with Gasteiger partial charge in [-0.1, -0.05) is 6.07 Å². The highest BCUT2D eigenvalue weighted by Gasteiger charge is 2.20. The van der Waals surface area contributed by atoms with Gasteiger partial charge in [0.15, 0.2) is 0 Å². The maximum absolute atomic E-state index is 11.6. The van der Waals surface area contributed by atoms with Crippen molar-refractivity contribution in [3.05, 3.63) is 24.3 Å². The number of hydrogen-bond donors (Lipinski definition) is 3. The molecule has 0 radical (unpaired) electrons. The second-order valence-electron chi connectivity index (χ2n) is 4.70. The molecule has 1 aliphatic carbocycles. The molecule has 7 heteroatoms. The smallest absolute Gasteiger partial charge is 0.238 e. The summed E-state index contributed by atoms with van der Waals surface area (Å²) in [6.07, 6.45) is 2.45. The van der Waals surface area contributed by atoms with E-state index in [2.05, 4.69) is 10.6 Å². The molecule has 1 saturated carbocycles. The molecule has 0 spiro atoms. The Balaban J connectivity index is 1.88. The number of primary sulfonamides is 1. The van der Waals surface area contributed by atoms with Crippen LogP contribution in [0.15, 0.2) is 29.2 Å². The summed E-state index contributed by atoms with van der Waals surface area (Å²) < 4.78 is 22.4. The van der Waals surface area contributed by atoms with Gasteiger partial charge in [-0.15, -0.1) is 0 Å². The van der Waals surface area contributed by atoms with Crippen molar-refractivity contribution in [3.63, 3.8) is 0 Å². The molecule has 2 rings (SSSR count). The summed E-state index contributed by atoms with van der Waals surface area (Å²) in [6.45, 7) is 1.07. The van der Waals surface area contributed by atoms with Crippen LogP contribution >= 0.6 is 0 Å². The Kier molecular flexibility index (Phi) is 4.18. The number of amides is 1. The first kappa shape index (κ1) is 14.0. The molecule has 0 unspecified atom stereocenters. The topological polar surface area (TPSA) is 101 Å². The van der Waals surface area contributed by atoms with E-state index in [0.29, 0.717) is 11.6 Å². The molecule has 104 valence electrons. The molecule has 1 fully saturated rings. The van der Waals surface area contributed by atoms with Crippen molar-refractivity contribution in [2.24, 2.45) is 11.1 Å².